The van der Waals surface area contributed by atoms with Crippen LogP contribution in [0.15, 0.2) is 34.4 Å². The Morgan fingerprint density at radius 2 is 2.24 bits per heavy atom. The van der Waals surface area contributed by atoms with Gasteiger partial charge in [-0.3, -0.25) is 14.5 Å². The van der Waals surface area contributed by atoms with Crippen molar-refractivity contribution in [3.63, 3.8) is 0 Å². The number of likely N-dealkylation sites (tertiary alicyclic amines) is 1. The van der Waals surface area contributed by atoms with E-state index in [0.29, 0.717) is 31.7 Å². The second-order valence-electron chi connectivity index (χ2n) is 6.57. The molecule has 25 heavy (non-hydrogen) atoms. The summed E-state index contributed by atoms with van der Waals surface area (Å²) in [6.07, 6.45) is -0.469. The number of hydrogen-bond donors (Lipinski definition) is 1. The average Bonchev–Trinajstić information content (AvgIpc) is 3.17. The van der Waals surface area contributed by atoms with Crippen LogP contribution >= 0.6 is 11.3 Å². The maximum absolute atomic E-state index is 13.9. The number of nitrogens with one attached hydrogen (secondary N) is 1. The number of carbonyl (C=O) groups excluding carboxylic acids is 1. The number of hydrogen-bond acceptors (Lipinski definition) is 4. The topological polar surface area (TPSA) is 56.4 Å². The lowest BCUT2D eigenvalue weighted by Crippen LogP contribution is -2.42. The van der Waals surface area contributed by atoms with Crippen LogP contribution in [-0.4, -0.2) is 53.0 Å². The molecule has 1 saturated heterocycles. The summed E-state index contributed by atoms with van der Waals surface area (Å²) in [6.45, 7) is 3.24. The lowest BCUT2D eigenvalue weighted by molar-refractivity contribution is 0.0748. The Balaban J connectivity index is 1.68. The van der Waals surface area contributed by atoms with Gasteiger partial charge in [-0.1, -0.05) is 6.07 Å². The molecule has 0 unspecified atom stereocenters. The first kappa shape index (κ1) is 17.8. The number of amides is 1. The summed E-state index contributed by atoms with van der Waals surface area (Å²) in [6, 6.07) is 7.23. The van der Waals surface area contributed by atoms with Gasteiger partial charge in [-0.05, 0) is 36.9 Å². The molecule has 2 aromatic heterocycles. The molecule has 3 rings (SSSR count). The Morgan fingerprint density at radius 3 is 2.92 bits per heavy atom. The number of halogens is 1. The van der Waals surface area contributed by atoms with Gasteiger partial charge in [0.05, 0.1) is 0 Å². The highest BCUT2D eigenvalue weighted by Gasteiger charge is 2.34. The van der Waals surface area contributed by atoms with E-state index >= 15 is 0 Å². The lowest BCUT2D eigenvalue weighted by Gasteiger charge is -2.28. The molecule has 1 amide bonds. The molecule has 5 nitrogen and oxygen atoms in total. The van der Waals surface area contributed by atoms with Crippen LogP contribution < -0.4 is 5.56 Å². The van der Waals surface area contributed by atoms with Crippen molar-refractivity contribution < 1.29 is 9.18 Å². The minimum Gasteiger partial charge on any atom is -0.340 e. The van der Waals surface area contributed by atoms with Crippen molar-refractivity contribution in [1.29, 1.82) is 0 Å². The fourth-order valence-electron chi connectivity index (χ4n) is 3.25. The molecule has 0 aliphatic carbocycles. The molecule has 1 N–H and O–H groups in total. The first-order chi connectivity index (χ1) is 11.9. The van der Waals surface area contributed by atoms with E-state index < -0.39 is 6.17 Å². The number of alkyl halides is 1. The molecule has 0 saturated carbocycles. The zero-order chi connectivity index (χ0) is 18.0. The van der Waals surface area contributed by atoms with Crippen LogP contribution in [0.1, 0.15) is 27.3 Å². The zero-order valence-electron chi connectivity index (χ0n) is 14.4. The highest BCUT2D eigenvalue weighted by molar-refractivity contribution is 7.09. The molecule has 1 aliphatic rings. The van der Waals surface area contributed by atoms with Crippen LogP contribution in [0.5, 0.6) is 0 Å². The van der Waals surface area contributed by atoms with Crippen LogP contribution in [0.3, 0.4) is 0 Å². The van der Waals surface area contributed by atoms with Crippen molar-refractivity contribution in [2.24, 2.45) is 0 Å². The fourth-order valence-corrected chi connectivity index (χ4v) is 3.98. The molecule has 1 aliphatic heterocycles. The quantitative estimate of drug-likeness (QED) is 0.888. The molecule has 7 heteroatoms. The first-order valence-corrected chi connectivity index (χ1v) is 9.18. The molecule has 3 heterocycles. The minimum absolute atomic E-state index is 0.0458. The van der Waals surface area contributed by atoms with E-state index in [1.165, 1.54) is 9.78 Å². The molecule has 0 bridgehead atoms. The first-order valence-electron chi connectivity index (χ1n) is 8.30. The predicted octanol–water partition coefficient (Wildman–Crippen LogP) is 2.43. The number of pyridine rings is 1. The van der Waals surface area contributed by atoms with Gasteiger partial charge in [0.2, 0.25) is 0 Å². The summed E-state index contributed by atoms with van der Waals surface area (Å²) in [7, 11) is 1.66. The molecular formula is C18H22FN3O2S. The molecule has 2 atom stereocenters. The summed E-state index contributed by atoms with van der Waals surface area (Å²) in [5.74, 6) is -0.334. The maximum atomic E-state index is 13.9. The van der Waals surface area contributed by atoms with Crippen molar-refractivity contribution in [2.75, 3.05) is 20.1 Å². The number of rotatable bonds is 5. The molecule has 0 spiro atoms. The van der Waals surface area contributed by atoms with Crippen LogP contribution in [0.4, 0.5) is 4.39 Å². The summed E-state index contributed by atoms with van der Waals surface area (Å²) in [5.41, 5.74) is 0.442. The second-order valence-corrected chi connectivity index (χ2v) is 7.60. The Labute approximate surface area is 150 Å². The molecule has 2 aromatic rings. The van der Waals surface area contributed by atoms with E-state index in [2.05, 4.69) is 9.88 Å². The Morgan fingerprint density at radius 1 is 1.44 bits per heavy atom. The fraction of sp³-hybridized carbons (Fsp3) is 0.444. The van der Waals surface area contributed by atoms with Gasteiger partial charge in [0.25, 0.3) is 11.5 Å². The number of carbonyl (C=O) groups is 1. The van der Waals surface area contributed by atoms with Crippen molar-refractivity contribution >= 4 is 17.2 Å². The number of aromatic nitrogens is 1. The molecule has 134 valence electrons. The number of H-pyrrole nitrogens is 1. The van der Waals surface area contributed by atoms with Gasteiger partial charge in [0, 0.05) is 43.3 Å². The number of aryl methyl sites for hydroxylation is 1. The normalized spacial score (nSPS) is 20.8. The number of likely N-dealkylation sites (N-methyl/N-ethyl adjacent to an activating group) is 1. The van der Waals surface area contributed by atoms with Crippen LogP contribution in [0.25, 0.3) is 0 Å². The monoisotopic (exact) mass is 363 g/mol. The van der Waals surface area contributed by atoms with Crippen molar-refractivity contribution in [3.8, 4) is 0 Å². The predicted molar refractivity (Wildman–Crippen MR) is 96.8 cm³/mol. The third-order valence-electron chi connectivity index (χ3n) is 4.53. The maximum Gasteiger partial charge on any atom is 0.260 e. The van der Waals surface area contributed by atoms with Crippen LogP contribution in [0.2, 0.25) is 0 Å². The summed E-state index contributed by atoms with van der Waals surface area (Å²) in [5, 5.41) is 2.01. The van der Waals surface area contributed by atoms with E-state index in [9.17, 15) is 14.0 Å². The Kier molecular flexibility index (Phi) is 5.34. The molecule has 0 aromatic carbocycles. The highest BCUT2D eigenvalue weighted by Crippen LogP contribution is 2.25. The van der Waals surface area contributed by atoms with E-state index in [1.54, 1.807) is 37.4 Å². The third kappa shape index (κ3) is 4.16. The van der Waals surface area contributed by atoms with Gasteiger partial charge in [0.15, 0.2) is 0 Å². The molecule has 0 radical (unpaired) electrons. The number of nitrogens with zero attached hydrogens (tertiary/aromatic N) is 2. The van der Waals surface area contributed by atoms with Crippen LogP contribution in [0, 0.1) is 6.92 Å². The smallest absolute Gasteiger partial charge is 0.260 e. The summed E-state index contributed by atoms with van der Waals surface area (Å²) >= 11 is 1.65. The third-order valence-corrected chi connectivity index (χ3v) is 5.39. The largest absolute Gasteiger partial charge is 0.340 e. The highest BCUT2D eigenvalue weighted by atomic mass is 32.1. The van der Waals surface area contributed by atoms with Gasteiger partial charge in [-0.25, -0.2) is 4.39 Å². The lowest BCUT2D eigenvalue weighted by atomic mass is 10.1. The number of thiophene rings is 1. The molecular weight excluding hydrogens is 341 g/mol. The van der Waals surface area contributed by atoms with Gasteiger partial charge in [-0.2, -0.15) is 0 Å². The van der Waals surface area contributed by atoms with Gasteiger partial charge in [0.1, 0.15) is 11.7 Å². The van der Waals surface area contributed by atoms with Crippen LogP contribution in [-0.2, 0) is 6.54 Å². The standard InChI is InChI=1S/C18H22FN3O2S/c1-12-5-6-16(17(23)20-12)18(24)21(2)10-14-8-13(19)9-22(14)11-15-4-3-7-25-15/h3-7,13-14H,8-11H2,1-2H3,(H,20,23)/t13-,14-/m0/s1. The Bertz CT molecular complexity index is 790. The summed E-state index contributed by atoms with van der Waals surface area (Å²) in [4.78, 5) is 32.0. The number of aromatic amines is 1. The zero-order valence-corrected chi connectivity index (χ0v) is 15.2. The van der Waals surface area contributed by atoms with Gasteiger partial charge < -0.3 is 9.88 Å². The van der Waals surface area contributed by atoms with Crippen molar-refractivity contribution in [1.82, 2.24) is 14.8 Å². The van der Waals surface area contributed by atoms with E-state index in [0.717, 1.165) is 0 Å². The summed E-state index contributed by atoms with van der Waals surface area (Å²) < 4.78 is 13.9. The van der Waals surface area contributed by atoms with Gasteiger partial charge in [-0.15, -0.1) is 11.3 Å². The van der Waals surface area contributed by atoms with Gasteiger partial charge >= 0.3 is 0 Å². The van der Waals surface area contributed by atoms with E-state index in [-0.39, 0.29) is 23.1 Å². The SMILES string of the molecule is Cc1ccc(C(=O)N(C)C[C@@H]2C[C@H](F)CN2Cc2cccs2)c(=O)[nH]1. The van der Waals surface area contributed by atoms with E-state index in [1.807, 2.05) is 17.5 Å². The van der Waals surface area contributed by atoms with E-state index in [4.69, 9.17) is 0 Å². The van der Waals surface area contributed by atoms with Crippen molar-refractivity contribution in [2.45, 2.75) is 32.1 Å². The Hall–Kier alpha value is -1.99. The van der Waals surface area contributed by atoms with Crippen molar-refractivity contribution in [3.05, 3.63) is 56.1 Å². The average molecular weight is 363 g/mol. The minimum atomic E-state index is -0.878. The second kappa shape index (κ2) is 7.49. The molecule has 1 fully saturated rings.